The predicted octanol–water partition coefficient (Wildman–Crippen LogP) is 16.9. The molecule has 2 unspecified atom stereocenters. The van der Waals surface area contributed by atoms with Gasteiger partial charge in [-0.25, -0.2) is 0 Å². The molecule has 1 aromatic heterocycles. The van der Waals surface area contributed by atoms with Crippen molar-refractivity contribution in [2.45, 2.75) is 181 Å². The molecule has 0 saturated heterocycles. The maximum absolute atomic E-state index is 2.83. The Morgan fingerprint density at radius 1 is 0.500 bits per heavy atom. The van der Waals surface area contributed by atoms with Crippen molar-refractivity contribution in [3.8, 4) is 11.1 Å². The molecule has 2 atom stereocenters. The van der Waals surface area contributed by atoms with Crippen molar-refractivity contribution >= 4 is 78.0 Å². The van der Waals surface area contributed by atoms with Gasteiger partial charge in [-0.15, -0.1) is 11.3 Å². The molecule has 7 aromatic rings. The molecule has 0 amide bonds. The van der Waals surface area contributed by atoms with Gasteiger partial charge in [0.2, 0.25) is 0 Å². The van der Waals surface area contributed by atoms with Crippen LogP contribution in [-0.2, 0) is 37.9 Å². The number of nitrogens with zero attached hydrogens (tertiary/aromatic N) is 2. The highest BCUT2D eigenvalue weighted by Gasteiger charge is 2.54. The number of thiophene rings is 1. The Kier molecular flexibility index (Phi) is 9.57. The van der Waals surface area contributed by atoms with Crippen molar-refractivity contribution in [2.75, 3.05) is 9.80 Å². The summed E-state index contributed by atoms with van der Waals surface area (Å²) in [6.45, 7) is 38.9. The zero-order chi connectivity index (χ0) is 49.6. The third-order valence-electron chi connectivity index (χ3n) is 18.4. The summed E-state index contributed by atoms with van der Waals surface area (Å²) < 4.78 is 2.91. The number of anilines is 6. The molecular weight excluding hydrogens is 864 g/mol. The summed E-state index contributed by atoms with van der Waals surface area (Å²) in [5.74, 6) is 0. The molecule has 0 spiro atoms. The van der Waals surface area contributed by atoms with E-state index in [-0.39, 0.29) is 44.6 Å². The minimum Gasteiger partial charge on any atom is -0.311 e. The van der Waals surface area contributed by atoms with E-state index < -0.39 is 0 Å². The summed E-state index contributed by atoms with van der Waals surface area (Å²) >= 11 is 2.09. The second-order valence-electron chi connectivity index (χ2n) is 27.6. The third kappa shape index (κ3) is 6.62. The van der Waals surface area contributed by atoms with Crippen molar-refractivity contribution in [2.24, 2.45) is 0 Å². The lowest BCUT2D eigenvalue weighted by molar-refractivity contribution is 0.332. The number of benzene rings is 6. The molecule has 2 nitrogen and oxygen atoms in total. The molecule has 5 aliphatic rings. The maximum Gasteiger partial charge on any atom is 0.264 e. The molecule has 2 aliphatic heterocycles. The number of hydrogen-bond donors (Lipinski definition) is 0. The summed E-state index contributed by atoms with van der Waals surface area (Å²) in [6.07, 6.45) is 6.15. The van der Waals surface area contributed by atoms with Crippen LogP contribution in [0.5, 0.6) is 0 Å². The molecule has 1 saturated carbocycles. The van der Waals surface area contributed by atoms with Crippen LogP contribution in [0.15, 0.2) is 103 Å². The van der Waals surface area contributed by atoms with Gasteiger partial charge in [0.15, 0.2) is 0 Å². The highest BCUT2D eigenvalue weighted by Crippen LogP contribution is 2.63. The van der Waals surface area contributed by atoms with Gasteiger partial charge >= 0.3 is 0 Å². The van der Waals surface area contributed by atoms with Crippen LogP contribution in [0.3, 0.4) is 0 Å². The molecule has 70 heavy (non-hydrogen) atoms. The van der Waals surface area contributed by atoms with Gasteiger partial charge in [-0.05, 0) is 186 Å². The quantitative estimate of drug-likeness (QED) is 0.163. The van der Waals surface area contributed by atoms with E-state index >= 15 is 0 Å². The fourth-order valence-electron chi connectivity index (χ4n) is 14.0. The van der Waals surface area contributed by atoms with Crippen molar-refractivity contribution in [1.29, 1.82) is 0 Å². The zero-order valence-corrected chi connectivity index (χ0v) is 46.0. The summed E-state index contributed by atoms with van der Waals surface area (Å²) in [7, 11) is 0. The highest BCUT2D eigenvalue weighted by molar-refractivity contribution is 7.33. The van der Waals surface area contributed by atoms with Crippen LogP contribution >= 0.6 is 11.3 Å². The lowest BCUT2D eigenvalue weighted by Gasteiger charge is -2.46. The molecule has 2 bridgehead atoms. The van der Waals surface area contributed by atoms with Gasteiger partial charge in [-0.1, -0.05) is 158 Å². The summed E-state index contributed by atoms with van der Waals surface area (Å²) in [5, 5.41) is 1.42. The molecule has 3 heterocycles. The van der Waals surface area contributed by atoms with Crippen LogP contribution in [-0.4, -0.2) is 6.71 Å². The molecule has 0 radical (unpaired) electrons. The summed E-state index contributed by atoms with van der Waals surface area (Å²) in [6, 6.07) is 42.1. The first-order valence-corrected chi connectivity index (χ1v) is 27.4. The second kappa shape index (κ2) is 14.6. The van der Waals surface area contributed by atoms with Crippen LogP contribution in [0, 0.1) is 6.92 Å². The van der Waals surface area contributed by atoms with E-state index in [9.17, 15) is 0 Å². The smallest absolute Gasteiger partial charge is 0.264 e. The Hall–Kier alpha value is -5.06. The van der Waals surface area contributed by atoms with E-state index in [0.29, 0.717) is 0 Å². The van der Waals surface area contributed by atoms with Crippen molar-refractivity contribution in [3.63, 3.8) is 0 Å². The van der Waals surface area contributed by atoms with Crippen LogP contribution in [0.4, 0.5) is 34.1 Å². The average molecular weight is 939 g/mol. The second-order valence-corrected chi connectivity index (χ2v) is 28.7. The van der Waals surface area contributed by atoms with Crippen LogP contribution in [0.1, 0.15) is 180 Å². The van der Waals surface area contributed by atoms with Crippen molar-refractivity contribution in [3.05, 3.63) is 148 Å². The first-order valence-electron chi connectivity index (χ1n) is 26.6. The van der Waals surface area contributed by atoms with E-state index in [4.69, 9.17) is 0 Å². The van der Waals surface area contributed by atoms with Crippen LogP contribution < -0.4 is 25.5 Å². The van der Waals surface area contributed by atoms with Crippen molar-refractivity contribution in [1.82, 2.24) is 0 Å². The average Bonchev–Trinajstić information content (AvgIpc) is 3.90. The number of hydrogen-bond acceptors (Lipinski definition) is 3. The lowest BCUT2D eigenvalue weighted by atomic mass is 9.36. The molecule has 1 fully saturated rings. The fraction of sp³-hybridized carbons (Fsp3) is 0.424. The minimum atomic E-state index is -0.120. The Morgan fingerprint density at radius 3 is 1.66 bits per heavy atom. The fourth-order valence-corrected chi connectivity index (χ4v) is 15.3. The van der Waals surface area contributed by atoms with Crippen molar-refractivity contribution < 1.29 is 0 Å². The molecular formula is C66H75BN2S. The van der Waals surface area contributed by atoms with Gasteiger partial charge in [0.05, 0.1) is 11.4 Å². The minimum absolute atomic E-state index is 0.0215. The Balaban J connectivity index is 1.26. The summed E-state index contributed by atoms with van der Waals surface area (Å²) in [4.78, 5) is 5.50. The Morgan fingerprint density at radius 2 is 1.06 bits per heavy atom. The molecule has 12 rings (SSSR count). The zero-order valence-electron chi connectivity index (χ0n) is 45.2. The number of fused-ring (bicyclic) bond motifs is 12. The standard InChI is InChI=1S/C66H75BN2S/c1-39-30-41(60(2,3)4)22-24-51(39)68-52-25-23-42(61(5,6)7)31-50(52)67-57-54(68)32-43(62(8,9)10)33-55(57)69(58-45-35-48-49(37-56(45)70-59(58)67)66(16)29-28-65(48,15)38-66)53-36-47-46(63(11,12)26-27-64(47,13)14)34-44(53)40-20-18-17-19-21-40/h17-25,30-37H,26-29,38H2,1-16H3. The molecule has 3 aliphatic carbocycles. The largest absolute Gasteiger partial charge is 0.311 e. The van der Waals surface area contributed by atoms with Gasteiger partial charge in [-0.2, -0.15) is 0 Å². The number of rotatable bonds is 3. The van der Waals surface area contributed by atoms with Gasteiger partial charge in [-0.3, -0.25) is 0 Å². The monoisotopic (exact) mass is 939 g/mol. The molecule has 6 aromatic carbocycles. The predicted molar refractivity (Wildman–Crippen MR) is 306 cm³/mol. The van der Waals surface area contributed by atoms with Crippen LogP contribution in [0.2, 0.25) is 0 Å². The first-order chi connectivity index (χ1) is 32.7. The van der Waals surface area contributed by atoms with E-state index in [1.165, 1.54) is 137 Å². The van der Waals surface area contributed by atoms with E-state index in [1.807, 2.05) is 0 Å². The SMILES string of the molecule is Cc1cc(C(C)(C)C)ccc1N1c2ccc(C(C)(C)C)cc2B2c3sc4cc5c(cc4c3N(c3cc4c(cc3-c3ccccc3)C(C)(C)CCC4(C)C)c3cc(C(C)(C)C)cc1c32)C1(C)CCC5(C)C1. The van der Waals surface area contributed by atoms with Gasteiger partial charge in [0.25, 0.3) is 6.71 Å². The number of aryl methyl sites for hydroxylation is 1. The Bertz CT molecular complexity index is 3360. The van der Waals surface area contributed by atoms with E-state index in [2.05, 4.69) is 235 Å². The molecule has 0 N–H and O–H groups in total. The lowest BCUT2D eigenvalue weighted by Crippen LogP contribution is -2.60. The third-order valence-corrected chi connectivity index (χ3v) is 19.6. The van der Waals surface area contributed by atoms with Gasteiger partial charge < -0.3 is 9.80 Å². The van der Waals surface area contributed by atoms with Gasteiger partial charge in [0, 0.05) is 43.2 Å². The normalized spacial score (nSPS) is 21.7. The van der Waals surface area contributed by atoms with Gasteiger partial charge in [0.1, 0.15) is 0 Å². The maximum atomic E-state index is 2.83. The van der Waals surface area contributed by atoms with E-state index in [1.54, 1.807) is 11.1 Å². The Labute approximate surface area is 425 Å². The summed E-state index contributed by atoms with van der Waals surface area (Å²) in [5.41, 5.74) is 25.4. The topological polar surface area (TPSA) is 6.48 Å². The van der Waals surface area contributed by atoms with Crippen LogP contribution in [0.25, 0.3) is 21.2 Å². The first kappa shape index (κ1) is 46.0. The van der Waals surface area contributed by atoms with E-state index in [0.717, 1.165) is 0 Å². The molecule has 358 valence electrons. The highest BCUT2D eigenvalue weighted by atomic mass is 32.1. The molecule has 4 heteroatoms.